The first-order valence-corrected chi connectivity index (χ1v) is 5.84. The van der Waals surface area contributed by atoms with E-state index < -0.39 is 0 Å². The number of carbonyl (C=O) groups is 1. The Morgan fingerprint density at radius 2 is 2.28 bits per heavy atom. The molecule has 0 atom stereocenters. The molecule has 0 saturated carbocycles. The number of pyridine rings is 1. The van der Waals surface area contributed by atoms with Gasteiger partial charge in [-0.1, -0.05) is 0 Å². The van der Waals surface area contributed by atoms with Crippen LogP contribution in [0, 0.1) is 0 Å². The highest BCUT2D eigenvalue weighted by molar-refractivity contribution is 5.92. The molecule has 1 heterocycles. The van der Waals surface area contributed by atoms with Gasteiger partial charge in [0.25, 0.3) is 5.91 Å². The number of amides is 1. The summed E-state index contributed by atoms with van der Waals surface area (Å²) in [5, 5.41) is 0. The summed E-state index contributed by atoms with van der Waals surface area (Å²) in [5.41, 5.74) is 3.52. The Labute approximate surface area is 107 Å². The van der Waals surface area contributed by atoms with Crippen molar-refractivity contribution in [3.8, 4) is 0 Å². The molecule has 100 valence electrons. The first-order chi connectivity index (χ1) is 8.54. The second kappa shape index (κ2) is 6.93. The van der Waals surface area contributed by atoms with Gasteiger partial charge in [-0.3, -0.25) is 10.6 Å². The van der Waals surface area contributed by atoms with Crippen molar-refractivity contribution in [3.63, 3.8) is 0 Å². The Bertz CT molecular complexity index is 378. The minimum Gasteiger partial charge on any atom is -0.377 e. The fourth-order valence-electron chi connectivity index (χ4n) is 1.33. The maximum absolute atomic E-state index is 12.0. The van der Waals surface area contributed by atoms with Crippen LogP contribution in [0.2, 0.25) is 0 Å². The highest BCUT2D eigenvalue weighted by Gasteiger charge is 2.12. The zero-order chi connectivity index (χ0) is 13.5. The molecule has 1 aromatic rings. The molecule has 1 aromatic heterocycles. The zero-order valence-electron chi connectivity index (χ0n) is 11.0. The standard InChI is InChI=1S/C12H20N4O2/c1-9(2)18-7-6-16(3)12(17)11-5-4-10(15-13)8-14-11/h4-5,8-9,15H,6-7,13H2,1-3H3. The van der Waals surface area contributed by atoms with E-state index in [0.29, 0.717) is 24.5 Å². The molecule has 1 rings (SSSR count). The van der Waals surface area contributed by atoms with Crippen LogP contribution < -0.4 is 11.3 Å². The average Bonchev–Trinajstić information content (AvgIpc) is 2.37. The third kappa shape index (κ3) is 4.31. The summed E-state index contributed by atoms with van der Waals surface area (Å²) >= 11 is 0. The van der Waals surface area contributed by atoms with Gasteiger partial charge in [-0.15, -0.1) is 0 Å². The van der Waals surface area contributed by atoms with Gasteiger partial charge >= 0.3 is 0 Å². The minimum atomic E-state index is -0.133. The number of rotatable bonds is 6. The maximum Gasteiger partial charge on any atom is 0.272 e. The summed E-state index contributed by atoms with van der Waals surface area (Å²) in [7, 11) is 1.72. The first-order valence-electron chi connectivity index (χ1n) is 5.84. The van der Waals surface area contributed by atoms with E-state index in [4.69, 9.17) is 10.6 Å². The van der Waals surface area contributed by atoms with Gasteiger partial charge in [0.05, 0.1) is 24.6 Å². The van der Waals surface area contributed by atoms with Crippen molar-refractivity contribution in [2.24, 2.45) is 5.84 Å². The fraction of sp³-hybridized carbons (Fsp3) is 0.500. The van der Waals surface area contributed by atoms with E-state index in [1.165, 1.54) is 6.20 Å². The van der Waals surface area contributed by atoms with Crippen LogP contribution >= 0.6 is 0 Å². The molecule has 3 N–H and O–H groups in total. The fourth-order valence-corrected chi connectivity index (χ4v) is 1.33. The van der Waals surface area contributed by atoms with Gasteiger partial charge in [-0.25, -0.2) is 4.98 Å². The van der Waals surface area contributed by atoms with Crippen LogP contribution in [-0.2, 0) is 4.74 Å². The summed E-state index contributed by atoms with van der Waals surface area (Å²) in [5.74, 6) is 5.09. The zero-order valence-corrected chi connectivity index (χ0v) is 11.0. The van der Waals surface area contributed by atoms with E-state index >= 15 is 0 Å². The van der Waals surface area contributed by atoms with Crippen molar-refractivity contribution in [1.29, 1.82) is 0 Å². The Morgan fingerprint density at radius 3 is 2.78 bits per heavy atom. The van der Waals surface area contributed by atoms with E-state index in [-0.39, 0.29) is 12.0 Å². The summed E-state index contributed by atoms with van der Waals surface area (Å²) in [6.45, 7) is 4.97. The average molecular weight is 252 g/mol. The van der Waals surface area contributed by atoms with Crippen LogP contribution in [0.3, 0.4) is 0 Å². The van der Waals surface area contributed by atoms with E-state index in [2.05, 4.69) is 10.4 Å². The molecule has 18 heavy (non-hydrogen) atoms. The lowest BCUT2D eigenvalue weighted by molar-refractivity contribution is 0.0529. The molecule has 0 aliphatic heterocycles. The molecular weight excluding hydrogens is 232 g/mol. The molecule has 0 unspecified atom stereocenters. The molecule has 0 radical (unpaired) electrons. The first kappa shape index (κ1) is 14.4. The second-order valence-corrected chi connectivity index (χ2v) is 4.22. The third-order valence-corrected chi connectivity index (χ3v) is 2.37. The SMILES string of the molecule is CC(C)OCCN(C)C(=O)c1ccc(NN)cn1. The van der Waals surface area contributed by atoms with Gasteiger partial charge in [0.1, 0.15) is 5.69 Å². The third-order valence-electron chi connectivity index (χ3n) is 2.37. The normalized spacial score (nSPS) is 10.5. The van der Waals surface area contributed by atoms with Gasteiger partial charge in [0.15, 0.2) is 0 Å². The number of carbonyl (C=O) groups excluding carboxylic acids is 1. The van der Waals surface area contributed by atoms with Gasteiger partial charge < -0.3 is 15.1 Å². The number of nitrogens with two attached hydrogens (primary N) is 1. The van der Waals surface area contributed by atoms with Crippen LogP contribution in [0.4, 0.5) is 5.69 Å². The molecular formula is C12H20N4O2. The monoisotopic (exact) mass is 252 g/mol. The molecule has 0 aromatic carbocycles. The minimum absolute atomic E-state index is 0.133. The van der Waals surface area contributed by atoms with Gasteiger partial charge in [0.2, 0.25) is 0 Å². The topological polar surface area (TPSA) is 80.5 Å². The number of aromatic nitrogens is 1. The van der Waals surface area contributed by atoms with Crippen LogP contribution in [0.5, 0.6) is 0 Å². The highest BCUT2D eigenvalue weighted by Crippen LogP contribution is 2.06. The molecule has 0 aliphatic carbocycles. The molecule has 0 aliphatic rings. The van der Waals surface area contributed by atoms with Crippen molar-refractivity contribution >= 4 is 11.6 Å². The van der Waals surface area contributed by atoms with Crippen LogP contribution in [0.25, 0.3) is 0 Å². The van der Waals surface area contributed by atoms with Crippen molar-refractivity contribution in [1.82, 2.24) is 9.88 Å². The summed E-state index contributed by atoms with van der Waals surface area (Å²) in [6.07, 6.45) is 1.69. The number of nitrogens with one attached hydrogen (secondary N) is 1. The van der Waals surface area contributed by atoms with Crippen molar-refractivity contribution in [2.75, 3.05) is 25.6 Å². The lowest BCUT2D eigenvalue weighted by Gasteiger charge is -2.17. The highest BCUT2D eigenvalue weighted by atomic mass is 16.5. The number of hydrazine groups is 1. The Kier molecular flexibility index (Phi) is 5.54. The molecule has 1 amide bonds. The van der Waals surface area contributed by atoms with Gasteiger partial charge in [0, 0.05) is 13.6 Å². The Morgan fingerprint density at radius 1 is 1.56 bits per heavy atom. The van der Waals surface area contributed by atoms with Crippen LogP contribution in [-0.4, -0.2) is 42.1 Å². The van der Waals surface area contributed by atoms with E-state index in [1.807, 2.05) is 13.8 Å². The number of nitrogens with zero attached hydrogens (tertiary/aromatic N) is 2. The van der Waals surface area contributed by atoms with E-state index in [1.54, 1.807) is 24.1 Å². The predicted octanol–water partition coefficient (Wildman–Crippen LogP) is 0.864. The van der Waals surface area contributed by atoms with Crippen LogP contribution in [0.15, 0.2) is 18.3 Å². The lowest BCUT2D eigenvalue weighted by atomic mass is 10.3. The molecule has 0 bridgehead atoms. The van der Waals surface area contributed by atoms with Crippen molar-refractivity contribution in [2.45, 2.75) is 20.0 Å². The molecule has 0 spiro atoms. The Balaban J connectivity index is 2.51. The Hall–Kier alpha value is -1.66. The maximum atomic E-state index is 12.0. The summed E-state index contributed by atoms with van der Waals surface area (Å²) < 4.78 is 5.39. The quantitative estimate of drug-likeness (QED) is 0.580. The van der Waals surface area contributed by atoms with E-state index in [9.17, 15) is 4.79 Å². The second-order valence-electron chi connectivity index (χ2n) is 4.22. The smallest absolute Gasteiger partial charge is 0.272 e. The number of nitrogen functional groups attached to an aromatic ring is 1. The number of anilines is 1. The van der Waals surface area contributed by atoms with Gasteiger partial charge in [-0.05, 0) is 26.0 Å². The lowest BCUT2D eigenvalue weighted by Crippen LogP contribution is -2.31. The summed E-state index contributed by atoms with van der Waals surface area (Å²) in [4.78, 5) is 17.6. The predicted molar refractivity (Wildman–Crippen MR) is 70.1 cm³/mol. The van der Waals surface area contributed by atoms with E-state index in [0.717, 1.165) is 0 Å². The van der Waals surface area contributed by atoms with Crippen molar-refractivity contribution < 1.29 is 9.53 Å². The van der Waals surface area contributed by atoms with Crippen molar-refractivity contribution in [3.05, 3.63) is 24.0 Å². The number of hydrogen-bond donors (Lipinski definition) is 2. The number of ether oxygens (including phenoxy) is 1. The van der Waals surface area contributed by atoms with Gasteiger partial charge in [-0.2, -0.15) is 0 Å². The number of hydrogen-bond acceptors (Lipinski definition) is 5. The molecule has 6 heteroatoms. The van der Waals surface area contributed by atoms with Crippen LogP contribution in [0.1, 0.15) is 24.3 Å². The largest absolute Gasteiger partial charge is 0.377 e. The molecule has 0 fully saturated rings. The molecule has 0 saturated heterocycles. The molecule has 6 nitrogen and oxygen atoms in total. The summed E-state index contributed by atoms with van der Waals surface area (Å²) in [6, 6.07) is 3.34. The number of likely N-dealkylation sites (N-methyl/N-ethyl adjacent to an activating group) is 1.